The van der Waals surface area contributed by atoms with Crippen LogP contribution in [0.25, 0.3) is 0 Å². The van der Waals surface area contributed by atoms with Crippen LogP contribution in [0.5, 0.6) is 5.75 Å². The first-order valence-electron chi connectivity index (χ1n) is 4.58. The highest BCUT2D eigenvalue weighted by Crippen LogP contribution is 2.25. The summed E-state index contributed by atoms with van der Waals surface area (Å²) in [6.07, 6.45) is -4.97. The summed E-state index contributed by atoms with van der Waals surface area (Å²) in [5.41, 5.74) is 2.21. The fourth-order valence-corrected chi connectivity index (χ4v) is 1.20. The second-order valence-corrected chi connectivity index (χ2v) is 3.59. The lowest BCUT2D eigenvalue weighted by atomic mass is 10.1. The molecule has 1 rings (SSSR count). The van der Waals surface area contributed by atoms with Crippen molar-refractivity contribution in [2.75, 3.05) is 0 Å². The van der Waals surface area contributed by atoms with Crippen molar-refractivity contribution in [2.45, 2.75) is 26.9 Å². The quantitative estimate of drug-likeness (QED) is 0.549. The van der Waals surface area contributed by atoms with E-state index in [1.807, 2.05) is 6.92 Å². The topological polar surface area (TPSA) is 26.3 Å². The van der Waals surface area contributed by atoms with Gasteiger partial charge < -0.3 is 4.74 Å². The molecule has 5 heteroatoms. The third kappa shape index (κ3) is 2.74. The van der Waals surface area contributed by atoms with Gasteiger partial charge >= 0.3 is 12.1 Å². The van der Waals surface area contributed by atoms with Crippen molar-refractivity contribution in [1.82, 2.24) is 0 Å². The smallest absolute Gasteiger partial charge is 0.420 e. The standard InChI is InChI=1S/C11H11F3O2/c1-6-4-8(3)9(5-7(6)2)16-10(15)11(12,13)14/h4-5H,1-3H3. The fraction of sp³-hybridized carbons (Fsp3) is 0.364. The third-order valence-corrected chi connectivity index (χ3v) is 2.23. The second kappa shape index (κ2) is 4.15. The van der Waals surface area contributed by atoms with Crippen LogP contribution in [0.2, 0.25) is 0 Å². The molecule has 0 aromatic heterocycles. The molecule has 1 aromatic carbocycles. The SMILES string of the molecule is Cc1cc(C)c(OC(=O)C(F)(F)F)cc1C. The molecule has 0 heterocycles. The molecule has 0 N–H and O–H groups in total. The van der Waals surface area contributed by atoms with Crippen LogP contribution < -0.4 is 4.74 Å². The first-order chi connectivity index (χ1) is 7.21. The molecular weight excluding hydrogens is 221 g/mol. The molecule has 0 bridgehead atoms. The minimum absolute atomic E-state index is 0.0505. The van der Waals surface area contributed by atoms with Crippen molar-refractivity contribution in [3.05, 3.63) is 28.8 Å². The normalized spacial score (nSPS) is 11.4. The predicted octanol–water partition coefficient (Wildman–Crippen LogP) is 3.08. The van der Waals surface area contributed by atoms with Gasteiger partial charge in [0.25, 0.3) is 0 Å². The number of aryl methyl sites for hydroxylation is 3. The molecule has 0 saturated carbocycles. The highest BCUT2D eigenvalue weighted by Gasteiger charge is 2.41. The molecule has 0 amide bonds. The number of carbonyl (C=O) groups excluding carboxylic acids is 1. The van der Waals surface area contributed by atoms with Gasteiger partial charge in [0, 0.05) is 0 Å². The van der Waals surface area contributed by atoms with E-state index in [0.29, 0.717) is 5.56 Å². The van der Waals surface area contributed by atoms with Crippen LogP contribution in [0.4, 0.5) is 13.2 Å². The number of hydrogen-bond donors (Lipinski definition) is 0. The maximum Gasteiger partial charge on any atom is 0.491 e. The molecule has 2 nitrogen and oxygen atoms in total. The van der Waals surface area contributed by atoms with Gasteiger partial charge in [-0.1, -0.05) is 6.07 Å². The average Bonchev–Trinajstić information content (AvgIpc) is 2.12. The van der Waals surface area contributed by atoms with Crippen molar-refractivity contribution < 1.29 is 22.7 Å². The number of rotatable bonds is 1. The van der Waals surface area contributed by atoms with Crippen molar-refractivity contribution in [1.29, 1.82) is 0 Å². The fourth-order valence-electron chi connectivity index (χ4n) is 1.20. The van der Waals surface area contributed by atoms with Crippen molar-refractivity contribution in [2.24, 2.45) is 0 Å². The first kappa shape index (κ1) is 12.5. The van der Waals surface area contributed by atoms with Gasteiger partial charge in [0.2, 0.25) is 0 Å². The Labute approximate surface area is 91.0 Å². The van der Waals surface area contributed by atoms with Gasteiger partial charge in [-0.15, -0.1) is 0 Å². The van der Waals surface area contributed by atoms with E-state index < -0.39 is 12.1 Å². The molecule has 0 aliphatic carbocycles. The summed E-state index contributed by atoms with van der Waals surface area (Å²) >= 11 is 0. The largest absolute Gasteiger partial charge is 0.491 e. The Balaban J connectivity index is 2.99. The van der Waals surface area contributed by atoms with Crippen LogP contribution in [0.3, 0.4) is 0 Å². The van der Waals surface area contributed by atoms with Gasteiger partial charge in [0.1, 0.15) is 5.75 Å². The number of halogens is 3. The second-order valence-electron chi connectivity index (χ2n) is 3.59. The number of hydrogen-bond acceptors (Lipinski definition) is 2. The molecule has 0 unspecified atom stereocenters. The van der Waals surface area contributed by atoms with E-state index in [2.05, 4.69) is 4.74 Å². The van der Waals surface area contributed by atoms with Crippen LogP contribution >= 0.6 is 0 Å². The Morgan fingerprint density at radius 2 is 1.56 bits per heavy atom. The Morgan fingerprint density at radius 1 is 1.06 bits per heavy atom. The van der Waals surface area contributed by atoms with Crippen LogP contribution in [-0.4, -0.2) is 12.1 Å². The number of carbonyl (C=O) groups is 1. The molecule has 0 aliphatic rings. The van der Waals surface area contributed by atoms with Crippen LogP contribution in [-0.2, 0) is 4.79 Å². The molecule has 0 atom stereocenters. The molecule has 0 aliphatic heterocycles. The average molecular weight is 232 g/mol. The Bertz CT molecular complexity index is 422. The summed E-state index contributed by atoms with van der Waals surface area (Å²) in [6, 6.07) is 3.10. The lowest BCUT2D eigenvalue weighted by molar-refractivity contribution is -0.189. The molecule has 1 aromatic rings. The maximum atomic E-state index is 12.0. The Morgan fingerprint density at radius 3 is 2.06 bits per heavy atom. The lowest BCUT2D eigenvalue weighted by Gasteiger charge is -2.11. The zero-order valence-electron chi connectivity index (χ0n) is 9.11. The molecule has 0 saturated heterocycles. The van der Waals surface area contributed by atoms with E-state index in [4.69, 9.17) is 0 Å². The minimum atomic E-state index is -4.97. The van der Waals surface area contributed by atoms with Gasteiger partial charge in [0.15, 0.2) is 0 Å². The van der Waals surface area contributed by atoms with E-state index in [0.717, 1.165) is 11.1 Å². The van der Waals surface area contributed by atoms with E-state index in [-0.39, 0.29) is 5.75 Å². The Kier molecular flexibility index (Phi) is 3.26. The third-order valence-electron chi connectivity index (χ3n) is 2.23. The van der Waals surface area contributed by atoms with Crippen LogP contribution in [0.15, 0.2) is 12.1 Å². The monoisotopic (exact) mass is 232 g/mol. The highest BCUT2D eigenvalue weighted by atomic mass is 19.4. The summed E-state index contributed by atoms with van der Waals surface area (Å²) in [6.45, 7) is 5.16. The lowest BCUT2D eigenvalue weighted by Crippen LogP contribution is -2.28. The maximum absolute atomic E-state index is 12.0. The molecule has 0 radical (unpaired) electrons. The van der Waals surface area contributed by atoms with Crippen molar-refractivity contribution >= 4 is 5.97 Å². The molecule has 16 heavy (non-hydrogen) atoms. The molecule has 0 fully saturated rings. The summed E-state index contributed by atoms with van der Waals surface area (Å²) in [4.78, 5) is 10.6. The summed E-state index contributed by atoms with van der Waals surface area (Å²) in [5, 5.41) is 0. The van der Waals surface area contributed by atoms with E-state index >= 15 is 0 Å². The highest BCUT2D eigenvalue weighted by molar-refractivity contribution is 5.78. The van der Waals surface area contributed by atoms with Crippen molar-refractivity contribution in [3.63, 3.8) is 0 Å². The van der Waals surface area contributed by atoms with Gasteiger partial charge in [-0.2, -0.15) is 13.2 Å². The minimum Gasteiger partial charge on any atom is -0.420 e. The Hall–Kier alpha value is -1.52. The number of benzene rings is 1. The first-order valence-corrected chi connectivity index (χ1v) is 4.58. The molecular formula is C11H11F3O2. The van der Waals surface area contributed by atoms with E-state index in [1.165, 1.54) is 6.07 Å². The summed E-state index contributed by atoms with van der Waals surface area (Å²) < 4.78 is 40.2. The van der Waals surface area contributed by atoms with Crippen LogP contribution in [0, 0.1) is 20.8 Å². The van der Waals surface area contributed by atoms with E-state index in [1.54, 1.807) is 19.9 Å². The number of ether oxygens (including phenoxy) is 1. The van der Waals surface area contributed by atoms with Gasteiger partial charge in [-0.25, -0.2) is 4.79 Å². The number of alkyl halides is 3. The molecule has 0 spiro atoms. The predicted molar refractivity (Wildman–Crippen MR) is 52.3 cm³/mol. The summed E-state index contributed by atoms with van der Waals surface area (Å²) in [5.74, 6) is -2.25. The van der Waals surface area contributed by atoms with E-state index in [9.17, 15) is 18.0 Å². The van der Waals surface area contributed by atoms with Gasteiger partial charge in [0.05, 0.1) is 0 Å². The zero-order chi connectivity index (χ0) is 12.5. The molecule has 88 valence electrons. The van der Waals surface area contributed by atoms with Gasteiger partial charge in [-0.3, -0.25) is 0 Å². The van der Waals surface area contributed by atoms with Crippen molar-refractivity contribution in [3.8, 4) is 5.75 Å². The number of esters is 1. The zero-order valence-corrected chi connectivity index (χ0v) is 9.11. The van der Waals surface area contributed by atoms with Crippen LogP contribution in [0.1, 0.15) is 16.7 Å². The summed E-state index contributed by atoms with van der Waals surface area (Å²) in [7, 11) is 0. The van der Waals surface area contributed by atoms with Gasteiger partial charge in [-0.05, 0) is 43.5 Å².